The van der Waals surface area contributed by atoms with Crippen molar-refractivity contribution in [2.75, 3.05) is 30.5 Å². The van der Waals surface area contributed by atoms with Crippen molar-refractivity contribution in [2.45, 2.75) is 19.9 Å². The van der Waals surface area contributed by atoms with Gasteiger partial charge in [-0.05, 0) is 38.1 Å². The number of benzene rings is 2. The number of halogens is 1. The van der Waals surface area contributed by atoms with Gasteiger partial charge in [-0.25, -0.2) is 9.69 Å². The summed E-state index contributed by atoms with van der Waals surface area (Å²) >= 11 is 6.06. The SMILES string of the molecule is Cc1ccc(N2C(=O)N(C[NH+](C)CC(=O)Nc3ccccc3Cl)C(=O)[C@@H]2C)cc1. The molecule has 0 bridgehead atoms. The zero-order valence-electron chi connectivity index (χ0n) is 16.6. The average molecular weight is 416 g/mol. The molecule has 0 aromatic heterocycles. The van der Waals surface area contributed by atoms with E-state index in [1.165, 1.54) is 9.80 Å². The molecule has 2 aromatic rings. The molecule has 0 radical (unpaired) electrons. The van der Waals surface area contributed by atoms with Gasteiger partial charge in [0.25, 0.3) is 11.8 Å². The van der Waals surface area contributed by atoms with E-state index in [1.54, 1.807) is 38.2 Å². The normalized spacial score (nSPS) is 17.6. The Balaban J connectivity index is 1.63. The second-order valence-electron chi connectivity index (χ2n) is 7.25. The predicted molar refractivity (Wildman–Crippen MR) is 112 cm³/mol. The smallest absolute Gasteiger partial charge is 0.320 e. The summed E-state index contributed by atoms with van der Waals surface area (Å²) in [4.78, 5) is 41.2. The standard InChI is InChI=1S/C21H23ClN4O3/c1-14-8-10-16(11-9-14)26-15(2)20(28)25(21(26)29)13-24(3)12-19(27)23-18-7-5-4-6-17(18)22/h4-11,15H,12-13H2,1-3H3,(H,23,27)/p+1/t15-/m0/s1. The van der Waals surface area contributed by atoms with Crippen molar-refractivity contribution < 1.29 is 19.3 Å². The zero-order valence-corrected chi connectivity index (χ0v) is 17.4. The van der Waals surface area contributed by atoms with Crippen molar-refractivity contribution in [3.05, 3.63) is 59.1 Å². The molecule has 1 heterocycles. The highest BCUT2D eigenvalue weighted by atomic mass is 35.5. The van der Waals surface area contributed by atoms with E-state index < -0.39 is 6.04 Å². The number of para-hydroxylation sites is 1. The highest BCUT2D eigenvalue weighted by Gasteiger charge is 2.44. The molecule has 0 spiro atoms. The van der Waals surface area contributed by atoms with E-state index in [0.717, 1.165) is 5.56 Å². The molecule has 8 heteroatoms. The minimum Gasteiger partial charge on any atom is -0.320 e. The predicted octanol–water partition coefficient (Wildman–Crippen LogP) is 1.92. The van der Waals surface area contributed by atoms with Crippen molar-refractivity contribution in [1.29, 1.82) is 0 Å². The van der Waals surface area contributed by atoms with Crippen molar-refractivity contribution >= 4 is 40.8 Å². The van der Waals surface area contributed by atoms with Crippen molar-refractivity contribution in [1.82, 2.24) is 4.90 Å². The van der Waals surface area contributed by atoms with Crippen molar-refractivity contribution in [2.24, 2.45) is 0 Å². The molecule has 3 rings (SSSR count). The minimum atomic E-state index is -0.588. The summed E-state index contributed by atoms with van der Waals surface area (Å²) in [5.74, 6) is -0.528. The first kappa shape index (κ1) is 20.8. The van der Waals surface area contributed by atoms with Crippen LogP contribution in [0, 0.1) is 6.92 Å². The molecule has 0 aliphatic carbocycles. The Morgan fingerprint density at radius 3 is 2.45 bits per heavy atom. The molecule has 7 nitrogen and oxygen atoms in total. The maximum atomic E-state index is 12.9. The molecule has 29 heavy (non-hydrogen) atoms. The number of carbonyl (C=O) groups excluding carboxylic acids is 3. The number of aryl methyl sites for hydroxylation is 1. The van der Waals surface area contributed by atoms with Crippen LogP contribution < -0.4 is 15.1 Å². The van der Waals surface area contributed by atoms with Crippen LogP contribution in [0.15, 0.2) is 48.5 Å². The topological polar surface area (TPSA) is 74.2 Å². The van der Waals surface area contributed by atoms with E-state index in [2.05, 4.69) is 5.32 Å². The van der Waals surface area contributed by atoms with Gasteiger partial charge in [-0.3, -0.25) is 14.5 Å². The van der Waals surface area contributed by atoms with Crippen LogP contribution in [-0.4, -0.2) is 49.0 Å². The fourth-order valence-corrected chi connectivity index (χ4v) is 3.45. The third-order valence-corrected chi connectivity index (χ3v) is 5.13. The van der Waals surface area contributed by atoms with Gasteiger partial charge in [0.1, 0.15) is 6.04 Å². The molecular weight excluding hydrogens is 392 g/mol. The molecule has 2 N–H and O–H groups in total. The Hall–Kier alpha value is -2.90. The number of hydrogen-bond donors (Lipinski definition) is 2. The molecule has 1 saturated heterocycles. The number of nitrogens with zero attached hydrogens (tertiary/aromatic N) is 2. The number of rotatable bonds is 6. The number of anilines is 2. The minimum absolute atomic E-state index is 0.0845. The number of likely N-dealkylation sites (N-methyl/N-ethyl adjacent to an activating group) is 1. The Kier molecular flexibility index (Phi) is 6.20. The van der Waals surface area contributed by atoms with E-state index in [1.807, 2.05) is 31.2 Å². The number of hydrogen-bond acceptors (Lipinski definition) is 3. The summed E-state index contributed by atoms with van der Waals surface area (Å²) in [5.41, 5.74) is 2.28. The highest BCUT2D eigenvalue weighted by molar-refractivity contribution is 6.33. The van der Waals surface area contributed by atoms with E-state index in [-0.39, 0.29) is 31.1 Å². The molecule has 2 atom stereocenters. The van der Waals surface area contributed by atoms with Crippen LogP contribution >= 0.6 is 11.6 Å². The van der Waals surface area contributed by atoms with Crippen LogP contribution in [0.1, 0.15) is 12.5 Å². The molecule has 0 saturated carbocycles. The van der Waals surface area contributed by atoms with Crippen LogP contribution in [0.3, 0.4) is 0 Å². The summed E-state index contributed by atoms with van der Waals surface area (Å²) < 4.78 is 0. The largest absolute Gasteiger partial charge is 0.336 e. The zero-order chi connectivity index (χ0) is 21.1. The molecule has 4 amide bonds. The quantitative estimate of drug-likeness (QED) is 0.708. The van der Waals surface area contributed by atoms with Gasteiger partial charge >= 0.3 is 6.03 Å². The van der Waals surface area contributed by atoms with Crippen LogP contribution in [0.25, 0.3) is 0 Å². The lowest BCUT2D eigenvalue weighted by Gasteiger charge is -2.21. The Bertz CT molecular complexity index is 932. The van der Waals surface area contributed by atoms with Crippen molar-refractivity contribution in [3.8, 4) is 0 Å². The number of quaternary nitrogens is 1. The van der Waals surface area contributed by atoms with Gasteiger partial charge in [0, 0.05) is 5.69 Å². The van der Waals surface area contributed by atoms with Gasteiger partial charge in [-0.15, -0.1) is 0 Å². The summed E-state index contributed by atoms with van der Waals surface area (Å²) in [6.07, 6.45) is 0. The molecule has 1 fully saturated rings. The fourth-order valence-electron chi connectivity index (χ4n) is 3.27. The van der Waals surface area contributed by atoms with Gasteiger partial charge in [-0.1, -0.05) is 41.4 Å². The summed E-state index contributed by atoms with van der Waals surface area (Å²) in [6.45, 7) is 3.85. The van der Waals surface area contributed by atoms with Crippen LogP contribution in [0.5, 0.6) is 0 Å². The molecule has 1 aliphatic rings. The van der Waals surface area contributed by atoms with Crippen LogP contribution in [0.4, 0.5) is 16.2 Å². The molecule has 2 aromatic carbocycles. The fraction of sp³-hybridized carbons (Fsp3) is 0.286. The summed E-state index contributed by atoms with van der Waals surface area (Å²) in [6, 6.07) is 13.5. The van der Waals surface area contributed by atoms with E-state index >= 15 is 0 Å². The number of carbonyl (C=O) groups is 3. The monoisotopic (exact) mass is 415 g/mol. The van der Waals surface area contributed by atoms with Crippen LogP contribution in [-0.2, 0) is 9.59 Å². The van der Waals surface area contributed by atoms with Gasteiger partial charge in [0.15, 0.2) is 13.2 Å². The Morgan fingerprint density at radius 1 is 1.14 bits per heavy atom. The van der Waals surface area contributed by atoms with E-state index in [0.29, 0.717) is 21.3 Å². The molecule has 152 valence electrons. The van der Waals surface area contributed by atoms with E-state index in [4.69, 9.17) is 11.6 Å². The molecule has 1 aliphatic heterocycles. The summed E-state index contributed by atoms with van der Waals surface area (Å²) in [5, 5.41) is 3.20. The van der Waals surface area contributed by atoms with Crippen molar-refractivity contribution in [3.63, 3.8) is 0 Å². The number of nitrogens with one attached hydrogen (secondary N) is 2. The third-order valence-electron chi connectivity index (χ3n) is 4.80. The Morgan fingerprint density at radius 2 is 1.79 bits per heavy atom. The van der Waals surface area contributed by atoms with Gasteiger partial charge in [0.05, 0.1) is 17.8 Å². The first-order chi connectivity index (χ1) is 13.8. The molecular formula is C21H24ClN4O3+. The number of amides is 4. The lowest BCUT2D eigenvalue weighted by Crippen LogP contribution is -3.11. The second-order valence-corrected chi connectivity index (χ2v) is 7.66. The van der Waals surface area contributed by atoms with Crippen LogP contribution in [0.2, 0.25) is 5.02 Å². The number of urea groups is 1. The lowest BCUT2D eigenvalue weighted by molar-refractivity contribution is -0.878. The average Bonchev–Trinajstić information content (AvgIpc) is 2.88. The Labute approximate surface area is 174 Å². The lowest BCUT2D eigenvalue weighted by atomic mass is 10.2. The first-order valence-electron chi connectivity index (χ1n) is 9.35. The molecule has 1 unspecified atom stereocenters. The number of imide groups is 1. The first-order valence-corrected chi connectivity index (χ1v) is 9.72. The van der Waals surface area contributed by atoms with Gasteiger partial charge in [0.2, 0.25) is 0 Å². The third kappa shape index (κ3) is 4.58. The maximum Gasteiger partial charge on any atom is 0.336 e. The highest BCUT2D eigenvalue weighted by Crippen LogP contribution is 2.25. The van der Waals surface area contributed by atoms with Gasteiger partial charge in [-0.2, -0.15) is 0 Å². The summed E-state index contributed by atoms with van der Waals surface area (Å²) in [7, 11) is 1.76. The second kappa shape index (κ2) is 8.63. The van der Waals surface area contributed by atoms with Gasteiger partial charge < -0.3 is 10.2 Å². The van der Waals surface area contributed by atoms with E-state index in [9.17, 15) is 14.4 Å². The maximum absolute atomic E-state index is 12.9.